The van der Waals surface area contributed by atoms with E-state index in [9.17, 15) is 9.59 Å². The Balaban J connectivity index is 1.69. The van der Waals surface area contributed by atoms with Crippen LogP contribution >= 0.6 is 0 Å². The number of rotatable bonds is 10. The predicted molar refractivity (Wildman–Crippen MR) is 133 cm³/mol. The monoisotopic (exact) mass is 473 g/mol. The fourth-order valence-electron chi connectivity index (χ4n) is 4.73. The van der Waals surface area contributed by atoms with Gasteiger partial charge in [0.1, 0.15) is 23.2 Å². The molecule has 6 nitrogen and oxygen atoms in total. The summed E-state index contributed by atoms with van der Waals surface area (Å²) < 4.78 is 16.9. The van der Waals surface area contributed by atoms with E-state index in [1.165, 1.54) is 6.92 Å². The Hall–Kier alpha value is -3.64. The Kier molecular flexibility index (Phi) is 7.51. The molecule has 1 amide bonds. The summed E-state index contributed by atoms with van der Waals surface area (Å²) in [7, 11) is 3.24. The highest BCUT2D eigenvalue weighted by molar-refractivity contribution is 6.06. The molecule has 0 bridgehead atoms. The second kappa shape index (κ2) is 10.7. The topological polar surface area (TPSA) is 65.1 Å². The molecule has 1 aliphatic rings. The van der Waals surface area contributed by atoms with Gasteiger partial charge in [-0.1, -0.05) is 54.6 Å². The van der Waals surface area contributed by atoms with Crippen LogP contribution in [0.15, 0.2) is 78.9 Å². The number of amides is 1. The van der Waals surface area contributed by atoms with E-state index >= 15 is 0 Å². The van der Waals surface area contributed by atoms with Crippen molar-refractivity contribution in [2.75, 3.05) is 14.2 Å². The van der Waals surface area contributed by atoms with Gasteiger partial charge in [0.05, 0.1) is 39.0 Å². The Morgan fingerprint density at radius 2 is 1.37 bits per heavy atom. The van der Waals surface area contributed by atoms with Crippen molar-refractivity contribution in [3.63, 3.8) is 0 Å². The number of β-lactam (4-membered cyclic amide) rings is 1. The van der Waals surface area contributed by atoms with Gasteiger partial charge < -0.3 is 19.1 Å². The van der Waals surface area contributed by atoms with E-state index in [1.807, 2.05) is 85.8 Å². The second-order valence-corrected chi connectivity index (χ2v) is 8.77. The van der Waals surface area contributed by atoms with E-state index in [1.54, 1.807) is 19.1 Å². The van der Waals surface area contributed by atoms with Gasteiger partial charge in [0.25, 0.3) is 0 Å². The molecule has 6 heteroatoms. The first kappa shape index (κ1) is 24.5. The normalized spacial score (nSPS) is 18.2. The van der Waals surface area contributed by atoms with Crippen molar-refractivity contribution >= 4 is 11.7 Å². The van der Waals surface area contributed by atoms with Crippen LogP contribution in [0.1, 0.15) is 36.6 Å². The number of likely N-dealkylation sites (tertiary alicyclic amines) is 1. The maximum absolute atomic E-state index is 13.4. The van der Waals surface area contributed by atoms with Crippen molar-refractivity contribution in [2.24, 2.45) is 5.92 Å². The van der Waals surface area contributed by atoms with Crippen molar-refractivity contribution in [3.05, 3.63) is 95.6 Å². The van der Waals surface area contributed by atoms with Crippen LogP contribution in [-0.2, 0) is 20.9 Å². The molecular formula is C29H31NO5. The van der Waals surface area contributed by atoms with Crippen molar-refractivity contribution in [1.29, 1.82) is 0 Å². The number of benzene rings is 3. The molecule has 1 fully saturated rings. The summed E-state index contributed by atoms with van der Waals surface area (Å²) in [5.74, 6) is 0.411. The zero-order valence-corrected chi connectivity index (χ0v) is 20.5. The van der Waals surface area contributed by atoms with Gasteiger partial charge in [0.15, 0.2) is 0 Å². The molecule has 1 heterocycles. The molecule has 182 valence electrons. The third-order valence-electron chi connectivity index (χ3n) is 6.60. The number of nitrogens with zero attached hydrogens (tertiary/aromatic N) is 1. The van der Waals surface area contributed by atoms with Crippen LogP contribution < -0.4 is 9.47 Å². The van der Waals surface area contributed by atoms with Crippen LogP contribution in [0.4, 0.5) is 0 Å². The highest BCUT2D eigenvalue weighted by atomic mass is 16.5. The van der Waals surface area contributed by atoms with E-state index < -0.39 is 12.0 Å². The average molecular weight is 474 g/mol. The van der Waals surface area contributed by atoms with Gasteiger partial charge in [-0.25, -0.2) is 0 Å². The maximum atomic E-state index is 13.4. The van der Waals surface area contributed by atoms with Gasteiger partial charge in [-0.05, 0) is 54.8 Å². The van der Waals surface area contributed by atoms with Crippen LogP contribution in [0, 0.1) is 5.92 Å². The molecule has 0 saturated carbocycles. The number of ether oxygens (including phenoxy) is 3. The standard InChI is InChI=1S/C29H31NO5/c1-19(31)26-27(20(2)35-18-21-8-6-5-7-9-21)30(29(26)32)28(22-10-14-24(33-3)15-11-22)23-12-16-25(34-4)17-13-23/h5-17,20,26-28H,18H2,1-4H3/t20-,26-,27-/m0/s1. The molecule has 0 aromatic heterocycles. The van der Waals surface area contributed by atoms with E-state index in [0.717, 1.165) is 28.2 Å². The number of methoxy groups -OCH3 is 2. The number of carbonyl (C=O) groups is 2. The van der Waals surface area contributed by atoms with Gasteiger partial charge in [-0.2, -0.15) is 0 Å². The summed E-state index contributed by atoms with van der Waals surface area (Å²) in [4.78, 5) is 27.7. The van der Waals surface area contributed by atoms with E-state index in [0.29, 0.717) is 6.61 Å². The SMILES string of the molecule is COc1ccc(C(c2ccc(OC)cc2)N2C(=O)[C@@H](C(C)=O)[C@@H]2[C@H](C)OCc2ccccc2)cc1. The molecular weight excluding hydrogens is 442 g/mol. The summed E-state index contributed by atoms with van der Waals surface area (Å²) in [6, 6.07) is 24.4. The Bertz CT molecular complexity index is 1100. The second-order valence-electron chi connectivity index (χ2n) is 8.77. The number of hydrogen-bond donors (Lipinski definition) is 0. The van der Waals surface area contributed by atoms with Gasteiger partial charge in [-0.15, -0.1) is 0 Å². The summed E-state index contributed by atoms with van der Waals surface area (Å²) in [6.07, 6.45) is -0.346. The van der Waals surface area contributed by atoms with Crippen LogP contribution in [0.2, 0.25) is 0 Å². The van der Waals surface area contributed by atoms with Crippen molar-refractivity contribution < 1.29 is 23.8 Å². The maximum Gasteiger partial charge on any atom is 0.236 e. The number of ketones is 1. The minimum Gasteiger partial charge on any atom is -0.497 e. The molecule has 0 unspecified atom stereocenters. The lowest BCUT2D eigenvalue weighted by Crippen LogP contribution is -2.68. The average Bonchev–Trinajstić information content (AvgIpc) is 2.89. The first-order valence-corrected chi connectivity index (χ1v) is 11.7. The first-order chi connectivity index (χ1) is 16.9. The summed E-state index contributed by atoms with van der Waals surface area (Å²) >= 11 is 0. The summed E-state index contributed by atoms with van der Waals surface area (Å²) in [5.41, 5.74) is 2.89. The first-order valence-electron chi connectivity index (χ1n) is 11.7. The predicted octanol–water partition coefficient (Wildman–Crippen LogP) is 4.81. The quantitative estimate of drug-likeness (QED) is 0.312. The molecule has 1 aliphatic heterocycles. The van der Waals surface area contributed by atoms with Gasteiger partial charge >= 0.3 is 0 Å². The van der Waals surface area contributed by atoms with Crippen molar-refractivity contribution in [1.82, 2.24) is 4.90 Å². The lowest BCUT2D eigenvalue weighted by atomic mass is 9.77. The van der Waals surface area contributed by atoms with E-state index in [4.69, 9.17) is 14.2 Å². The van der Waals surface area contributed by atoms with Crippen LogP contribution in [-0.4, -0.2) is 43.0 Å². The number of Topliss-reactive ketones (excluding diaryl/α,β-unsaturated/α-hetero) is 1. The fraction of sp³-hybridized carbons (Fsp3) is 0.310. The fourth-order valence-corrected chi connectivity index (χ4v) is 4.73. The van der Waals surface area contributed by atoms with E-state index in [-0.39, 0.29) is 23.8 Å². The molecule has 4 rings (SSSR count). The summed E-state index contributed by atoms with van der Waals surface area (Å²) in [6.45, 7) is 3.82. The Labute approximate surface area is 206 Å². The van der Waals surface area contributed by atoms with Crippen molar-refractivity contribution in [2.45, 2.75) is 38.6 Å². The third-order valence-corrected chi connectivity index (χ3v) is 6.60. The van der Waals surface area contributed by atoms with Crippen LogP contribution in [0.25, 0.3) is 0 Å². The van der Waals surface area contributed by atoms with Crippen LogP contribution in [0.5, 0.6) is 11.5 Å². The molecule has 0 N–H and O–H groups in total. The molecule has 1 saturated heterocycles. The largest absolute Gasteiger partial charge is 0.497 e. The Morgan fingerprint density at radius 3 is 1.83 bits per heavy atom. The zero-order chi connectivity index (χ0) is 24.9. The highest BCUT2D eigenvalue weighted by Gasteiger charge is 2.55. The molecule has 3 aromatic rings. The van der Waals surface area contributed by atoms with Crippen molar-refractivity contribution in [3.8, 4) is 11.5 Å². The number of carbonyl (C=O) groups excluding carboxylic acids is 2. The number of hydrogen-bond acceptors (Lipinski definition) is 5. The van der Waals surface area contributed by atoms with Gasteiger partial charge in [0, 0.05) is 0 Å². The molecule has 3 aromatic carbocycles. The highest BCUT2D eigenvalue weighted by Crippen LogP contribution is 2.42. The van der Waals surface area contributed by atoms with E-state index in [2.05, 4.69) is 0 Å². The molecule has 3 atom stereocenters. The molecule has 0 spiro atoms. The van der Waals surface area contributed by atoms with Crippen LogP contribution in [0.3, 0.4) is 0 Å². The van der Waals surface area contributed by atoms with Gasteiger partial charge in [-0.3, -0.25) is 9.59 Å². The lowest BCUT2D eigenvalue weighted by Gasteiger charge is -2.52. The van der Waals surface area contributed by atoms with Gasteiger partial charge in [0.2, 0.25) is 5.91 Å². The lowest BCUT2D eigenvalue weighted by molar-refractivity contribution is -0.175. The minimum atomic E-state index is -0.722. The summed E-state index contributed by atoms with van der Waals surface area (Å²) in [5, 5.41) is 0. The molecule has 0 aliphatic carbocycles. The zero-order valence-electron chi connectivity index (χ0n) is 20.5. The Morgan fingerprint density at radius 1 is 0.857 bits per heavy atom. The minimum absolute atomic E-state index is 0.144. The molecule has 0 radical (unpaired) electrons. The molecule has 35 heavy (non-hydrogen) atoms. The third kappa shape index (κ3) is 5.08. The smallest absolute Gasteiger partial charge is 0.236 e.